The zero-order valence-corrected chi connectivity index (χ0v) is 14.9. The zero-order chi connectivity index (χ0) is 17.7. The number of hydrogen-bond acceptors (Lipinski definition) is 4. The van der Waals surface area contributed by atoms with Crippen molar-refractivity contribution in [2.45, 2.75) is 25.3 Å². The van der Waals surface area contributed by atoms with Gasteiger partial charge in [-0.25, -0.2) is 13.1 Å². The fourth-order valence-corrected chi connectivity index (χ4v) is 3.59. The SMILES string of the molecule is Cc1ccc(C)c(S(=O)(=O)NC(=O)COCc2ccccc2Cl)c1. The monoisotopic (exact) mass is 367 g/mol. The normalized spacial score (nSPS) is 11.3. The van der Waals surface area contributed by atoms with Crippen molar-refractivity contribution in [1.29, 1.82) is 0 Å². The Labute approximate surface area is 146 Å². The fourth-order valence-electron chi connectivity index (χ4n) is 2.10. The van der Waals surface area contributed by atoms with Gasteiger partial charge in [-0.1, -0.05) is 41.9 Å². The van der Waals surface area contributed by atoms with Crippen molar-refractivity contribution in [3.63, 3.8) is 0 Å². The maximum Gasteiger partial charge on any atom is 0.264 e. The number of rotatable bonds is 6. The summed E-state index contributed by atoms with van der Waals surface area (Å²) in [4.78, 5) is 11.9. The molecule has 2 aromatic carbocycles. The van der Waals surface area contributed by atoms with Crippen molar-refractivity contribution in [3.8, 4) is 0 Å². The van der Waals surface area contributed by atoms with Gasteiger partial charge >= 0.3 is 0 Å². The molecular formula is C17H18ClNO4S. The first-order chi connectivity index (χ1) is 11.3. The van der Waals surface area contributed by atoms with E-state index in [9.17, 15) is 13.2 Å². The third kappa shape index (κ3) is 4.80. The predicted molar refractivity (Wildman–Crippen MR) is 92.4 cm³/mol. The number of benzene rings is 2. The van der Waals surface area contributed by atoms with Crippen LogP contribution in [0.4, 0.5) is 0 Å². The molecule has 0 aliphatic rings. The first kappa shape index (κ1) is 18.4. The second-order valence-electron chi connectivity index (χ2n) is 5.38. The molecule has 1 N–H and O–H groups in total. The third-order valence-electron chi connectivity index (χ3n) is 3.33. The molecule has 0 spiro atoms. The molecule has 0 aliphatic heterocycles. The number of aryl methyl sites for hydroxylation is 2. The average Bonchev–Trinajstić information content (AvgIpc) is 2.51. The van der Waals surface area contributed by atoms with E-state index in [0.717, 1.165) is 11.1 Å². The molecule has 0 radical (unpaired) electrons. The molecule has 0 heterocycles. The number of amides is 1. The quantitative estimate of drug-likeness (QED) is 0.851. The highest BCUT2D eigenvalue weighted by atomic mass is 35.5. The topological polar surface area (TPSA) is 72.5 Å². The first-order valence-corrected chi connectivity index (χ1v) is 9.10. The van der Waals surface area contributed by atoms with Gasteiger partial charge in [0.05, 0.1) is 11.5 Å². The van der Waals surface area contributed by atoms with Crippen LogP contribution in [0.15, 0.2) is 47.4 Å². The molecule has 1 amide bonds. The summed E-state index contributed by atoms with van der Waals surface area (Å²) >= 11 is 5.98. The molecule has 0 aromatic heterocycles. The lowest BCUT2D eigenvalue weighted by atomic mass is 10.2. The number of nitrogens with one attached hydrogen (secondary N) is 1. The van der Waals surface area contributed by atoms with Crippen LogP contribution in [0.1, 0.15) is 16.7 Å². The Hall–Kier alpha value is -1.89. The molecule has 128 valence electrons. The van der Waals surface area contributed by atoms with Gasteiger partial charge in [0.2, 0.25) is 0 Å². The van der Waals surface area contributed by atoms with Crippen molar-refractivity contribution in [3.05, 3.63) is 64.2 Å². The fraction of sp³-hybridized carbons (Fsp3) is 0.235. The van der Waals surface area contributed by atoms with Gasteiger partial charge in [0.1, 0.15) is 6.61 Å². The highest BCUT2D eigenvalue weighted by molar-refractivity contribution is 7.90. The van der Waals surface area contributed by atoms with E-state index >= 15 is 0 Å². The van der Waals surface area contributed by atoms with E-state index in [1.807, 2.05) is 10.8 Å². The minimum atomic E-state index is -3.92. The Morgan fingerprint density at radius 3 is 2.58 bits per heavy atom. The highest BCUT2D eigenvalue weighted by Gasteiger charge is 2.20. The van der Waals surface area contributed by atoms with Crippen LogP contribution in [0.3, 0.4) is 0 Å². The van der Waals surface area contributed by atoms with Crippen LogP contribution in [0, 0.1) is 13.8 Å². The van der Waals surface area contributed by atoms with E-state index < -0.39 is 15.9 Å². The lowest BCUT2D eigenvalue weighted by Crippen LogP contribution is -2.33. The van der Waals surface area contributed by atoms with Gasteiger partial charge in [-0.05, 0) is 42.7 Å². The van der Waals surface area contributed by atoms with E-state index in [0.29, 0.717) is 10.6 Å². The second kappa shape index (κ2) is 7.79. The summed E-state index contributed by atoms with van der Waals surface area (Å²) in [6.07, 6.45) is 0. The van der Waals surface area contributed by atoms with Gasteiger partial charge < -0.3 is 4.74 Å². The molecule has 0 fully saturated rings. The zero-order valence-electron chi connectivity index (χ0n) is 13.4. The molecule has 0 unspecified atom stereocenters. The van der Waals surface area contributed by atoms with Crippen molar-refractivity contribution in [2.75, 3.05) is 6.61 Å². The van der Waals surface area contributed by atoms with Crippen LogP contribution in [0.2, 0.25) is 5.02 Å². The number of ether oxygens (including phenoxy) is 1. The van der Waals surface area contributed by atoms with Crippen LogP contribution < -0.4 is 4.72 Å². The summed E-state index contributed by atoms with van der Waals surface area (Å²) in [6.45, 7) is 3.20. The Bertz CT molecular complexity index is 849. The Morgan fingerprint density at radius 1 is 1.17 bits per heavy atom. The van der Waals surface area contributed by atoms with E-state index in [-0.39, 0.29) is 18.1 Å². The highest BCUT2D eigenvalue weighted by Crippen LogP contribution is 2.17. The molecule has 0 aliphatic carbocycles. The molecule has 2 rings (SSSR count). The molecule has 7 heteroatoms. The standard InChI is InChI=1S/C17H18ClNO4S/c1-12-7-8-13(2)16(9-12)24(21,22)19-17(20)11-23-10-14-5-3-4-6-15(14)18/h3-9H,10-11H2,1-2H3,(H,19,20). The van der Waals surface area contributed by atoms with E-state index in [1.54, 1.807) is 44.2 Å². The number of sulfonamides is 1. The molecule has 2 aromatic rings. The largest absolute Gasteiger partial charge is 0.367 e. The molecular weight excluding hydrogens is 350 g/mol. The average molecular weight is 368 g/mol. The number of hydrogen-bond donors (Lipinski definition) is 1. The van der Waals surface area contributed by atoms with Gasteiger partial charge in [0.15, 0.2) is 0 Å². The smallest absolute Gasteiger partial charge is 0.264 e. The van der Waals surface area contributed by atoms with Crippen LogP contribution in [-0.2, 0) is 26.2 Å². The summed E-state index contributed by atoms with van der Waals surface area (Å²) < 4.78 is 31.8. The number of carbonyl (C=O) groups excluding carboxylic acids is 1. The van der Waals surface area contributed by atoms with Gasteiger partial charge in [-0.3, -0.25) is 4.79 Å². The molecule has 0 saturated heterocycles. The third-order valence-corrected chi connectivity index (χ3v) is 5.21. The minimum absolute atomic E-state index is 0.0851. The molecule has 5 nitrogen and oxygen atoms in total. The van der Waals surface area contributed by atoms with E-state index in [4.69, 9.17) is 16.3 Å². The summed E-state index contributed by atoms with van der Waals surface area (Å²) in [6, 6.07) is 12.1. The van der Waals surface area contributed by atoms with E-state index in [2.05, 4.69) is 0 Å². The van der Waals surface area contributed by atoms with Crippen molar-refractivity contribution < 1.29 is 17.9 Å². The minimum Gasteiger partial charge on any atom is -0.367 e. The summed E-state index contributed by atoms with van der Waals surface area (Å²) in [7, 11) is -3.92. The molecule has 0 bridgehead atoms. The summed E-state index contributed by atoms with van der Waals surface area (Å²) in [5.74, 6) is -0.733. The van der Waals surface area contributed by atoms with Crippen molar-refractivity contribution in [1.82, 2.24) is 4.72 Å². The Morgan fingerprint density at radius 2 is 1.88 bits per heavy atom. The van der Waals surface area contributed by atoms with E-state index in [1.165, 1.54) is 6.07 Å². The van der Waals surface area contributed by atoms with Crippen molar-refractivity contribution >= 4 is 27.5 Å². The maximum atomic E-state index is 12.3. The van der Waals surface area contributed by atoms with Crippen LogP contribution in [0.5, 0.6) is 0 Å². The number of halogens is 1. The predicted octanol–water partition coefficient (Wildman–Crippen LogP) is 2.98. The summed E-state index contributed by atoms with van der Waals surface area (Å²) in [5, 5.41) is 0.529. The first-order valence-electron chi connectivity index (χ1n) is 7.23. The van der Waals surface area contributed by atoms with Gasteiger partial charge in [0.25, 0.3) is 15.9 Å². The Balaban J connectivity index is 1.96. The summed E-state index contributed by atoms with van der Waals surface area (Å²) in [5.41, 5.74) is 2.09. The second-order valence-corrected chi connectivity index (χ2v) is 7.44. The Kier molecular flexibility index (Phi) is 5.99. The van der Waals surface area contributed by atoms with Gasteiger partial charge in [0, 0.05) is 5.02 Å². The van der Waals surface area contributed by atoms with Gasteiger partial charge in [-0.15, -0.1) is 0 Å². The lowest BCUT2D eigenvalue weighted by molar-refractivity contribution is -0.124. The lowest BCUT2D eigenvalue weighted by Gasteiger charge is -2.11. The number of carbonyl (C=O) groups is 1. The van der Waals surface area contributed by atoms with Crippen LogP contribution >= 0.6 is 11.6 Å². The van der Waals surface area contributed by atoms with Gasteiger partial charge in [-0.2, -0.15) is 0 Å². The molecule has 0 atom stereocenters. The maximum absolute atomic E-state index is 12.3. The van der Waals surface area contributed by atoms with Crippen molar-refractivity contribution in [2.24, 2.45) is 0 Å². The molecule has 24 heavy (non-hydrogen) atoms. The van der Waals surface area contributed by atoms with Crippen LogP contribution in [-0.4, -0.2) is 20.9 Å². The molecule has 0 saturated carbocycles. The van der Waals surface area contributed by atoms with Crippen LogP contribution in [0.25, 0.3) is 0 Å².